The molecular formula is C17H23N5O5. The topological polar surface area (TPSA) is 147 Å². The van der Waals surface area contributed by atoms with E-state index >= 15 is 0 Å². The number of hydrogen-bond acceptors (Lipinski definition) is 7. The van der Waals surface area contributed by atoms with E-state index in [0.717, 1.165) is 0 Å². The van der Waals surface area contributed by atoms with Crippen LogP contribution >= 0.6 is 0 Å². The third kappa shape index (κ3) is 6.03. The number of ether oxygens (including phenoxy) is 1. The van der Waals surface area contributed by atoms with Crippen molar-refractivity contribution in [1.82, 2.24) is 15.2 Å². The number of hydrazone groups is 1. The molecule has 0 aliphatic carbocycles. The van der Waals surface area contributed by atoms with Crippen LogP contribution in [0.3, 0.4) is 0 Å². The molecule has 1 fully saturated rings. The SMILES string of the molecule is C[C@H](NC(=O)c1ccc(C=NN)cn1)C(=O)N1CCC(OCC(=O)O)CC1. The van der Waals surface area contributed by atoms with Crippen molar-refractivity contribution in [3.63, 3.8) is 0 Å². The summed E-state index contributed by atoms with van der Waals surface area (Å²) in [6, 6.07) is 2.46. The van der Waals surface area contributed by atoms with Crippen molar-refractivity contribution in [2.24, 2.45) is 10.9 Å². The van der Waals surface area contributed by atoms with E-state index in [1.165, 1.54) is 18.5 Å². The molecule has 0 radical (unpaired) electrons. The minimum Gasteiger partial charge on any atom is -0.480 e. The number of amides is 2. The molecule has 10 nitrogen and oxygen atoms in total. The highest BCUT2D eigenvalue weighted by Gasteiger charge is 2.27. The first-order valence-corrected chi connectivity index (χ1v) is 8.53. The van der Waals surface area contributed by atoms with Crippen LogP contribution in [0.4, 0.5) is 0 Å². The fourth-order valence-corrected chi connectivity index (χ4v) is 2.74. The molecule has 2 rings (SSSR count). The lowest BCUT2D eigenvalue weighted by atomic mass is 10.1. The fraction of sp³-hybridized carbons (Fsp3) is 0.471. The molecule has 1 aromatic rings. The summed E-state index contributed by atoms with van der Waals surface area (Å²) >= 11 is 0. The molecule has 2 heterocycles. The Bertz CT molecular complexity index is 698. The van der Waals surface area contributed by atoms with Crippen LogP contribution in [0.1, 0.15) is 35.8 Å². The maximum absolute atomic E-state index is 12.5. The maximum Gasteiger partial charge on any atom is 0.329 e. The number of nitrogens with zero attached hydrogens (tertiary/aromatic N) is 3. The van der Waals surface area contributed by atoms with Crippen LogP contribution in [0.25, 0.3) is 0 Å². The summed E-state index contributed by atoms with van der Waals surface area (Å²) in [5.41, 5.74) is 0.843. The Morgan fingerprint density at radius 3 is 2.70 bits per heavy atom. The van der Waals surface area contributed by atoms with E-state index in [9.17, 15) is 14.4 Å². The van der Waals surface area contributed by atoms with Crippen LogP contribution in [-0.2, 0) is 14.3 Å². The molecule has 10 heteroatoms. The number of likely N-dealkylation sites (tertiary alicyclic amines) is 1. The van der Waals surface area contributed by atoms with Crippen molar-refractivity contribution < 1.29 is 24.2 Å². The smallest absolute Gasteiger partial charge is 0.329 e. The van der Waals surface area contributed by atoms with Crippen LogP contribution in [0.5, 0.6) is 0 Å². The zero-order valence-corrected chi connectivity index (χ0v) is 15.0. The summed E-state index contributed by atoms with van der Waals surface area (Å²) in [5.74, 6) is 3.39. The van der Waals surface area contributed by atoms with Gasteiger partial charge in [-0.3, -0.25) is 14.6 Å². The summed E-state index contributed by atoms with van der Waals surface area (Å²) in [6.45, 7) is 2.18. The molecule has 1 aliphatic rings. The molecule has 2 amide bonds. The normalized spacial score (nSPS) is 16.3. The number of piperidine rings is 1. The highest BCUT2D eigenvalue weighted by molar-refractivity contribution is 5.96. The van der Waals surface area contributed by atoms with Gasteiger partial charge in [-0.25, -0.2) is 4.79 Å². The number of hydrogen-bond donors (Lipinski definition) is 3. The molecule has 146 valence electrons. The van der Waals surface area contributed by atoms with E-state index in [4.69, 9.17) is 15.7 Å². The van der Waals surface area contributed by atoms with Crippen molar-refractivity contribution in [3.05, 3.63) is 29.6 Å². The predicted octanol–water partition coefficient (Wildman–Crippen LogP) is -0.415. The Morgan fingerprint density at radius 2 is 2.15 bits per heavy atom. The van der Waals surface area contributed by atoms with E-state index in [0.29, 0.717) is 31.5 Å². The number of nitrogens with one attached hydrogen (secondary N) is 1. The standard InChI is InChI=1S/C17H23N5O5/c1-11(21-16(25)14-3-2-12(8-19-14)9-20-18)17(26)22-6-4-13(5-7-22)27-10-15(23)24/h2-3,8-9,11,13H,4-7,10,18H2,1H3,(H,21,25)(H,23,24)/t11-/m0/s1. The first-order chi connectivity index (χ1) is 12.9. The van der Waals surface area contributed by atoms with Crippen molar-refractivity contribution in [2.45, 2.75) is 31.9 Å². The van der Waals surface area contributed by atoms with E-state index in [1.54, 1.807) is 17.9 Å². The van der Waals surface area contributed by atoms with Crippen molar-refractivity contribution in [1.29, 1.82) is 0 Å². The average molecular weight is 377 g/mol. The quantitative estimate of drug-likeness (QED) is 0.332. The minimum atomic E-state index is -1.01. The van der Waals surface area contributed by atoms with Crippen molar-refractivity contribution in [2.75, 3.05) is 19.7 Å². The summed E-state index contributed by atoms with van der Waals surface area (Å²) in [5, 5.41) is 14.6. The summed E-state index contributed by atoms with van der Waals surface area (Å²) in [4.78, 5) is 40.9. The highest BCUT2D eigenvalue weighted by Crippen LogP contribution is 2.14. The second-order valence-electron chi connectivity index (χ2n) is 6.18. The van der Waals surface area contributed by atoms with E-state index in [2.05, 4.69) is 15.4 Å². The summed E-state index contributed by atoms with van der Waals surface area (Å²) in [7, 11) is 0. The molecule has 0 saturated carbocycles. The highest BCUT2D eigenvalue weighted by atomic mass is 16.5. The van der Waals surface area contributed by atoms with Crippen LogP contribution < -0.4 is 11.2 Å². The number of nitrogens with two attached hydrogens (primary N) is 1. The van der Waals surface area contributed by atoms with Crippen LogP contribution in [-0.4, -0.2) is 70.8 Å². The Labute approximate surface area is 156 Å². The van der Waals surface area contributed by atoms with Gasteiger partial charge in [0.05, 0.1) is 12.3 Å². The van der Waals surface area contributed by atoms with Gasteiger partial charge in [-0.15, -0.1) is 0 Å². The van der Waals surface area contributed by atoms with Gasteiger partial charge in [0.2, 0.25) is 5.91 Å². The Morgan fingerprint density at radius 1 is 1.44 bits per heavy atom. The number of carboxylic acid groups (broad SMARTS) is 1. The third-order valence-corrected chi connectivity index (χ3v) is 4.16. The van der Waals surface area contributed by atoms with E-state index < -0.39 is 17.9 Å². The number of aromatic nitrogens is 1. The molecule has 27 heavy (non-hydrogen) atoms. The summed E-state index contributed by atoms with van der Waals surface area (Å²) < 4.78 is 5.25. The van der Waals surface area contributed by atoms with Crippen molar-refractivity contribution >= 4 is 24.0 Å². The first-order valence-electron chi connectivity index (χ1n) is 8.53. The van der Waals surface area contributed by atoms with Gasteiger partial charge in [-0.1, -0.05) is 0 Å². The molecule has 0 spiro atoms. The Kier molecular flexibility index (Phi) is 7.24. The van der Waals surface area contributed by atoms with Gasteiger partial charge >= 0.3 is 5.97 Å². The van der Waals surface area contributed by atoms with Gasteiger partial charge in [0.1, 0.15) is 18.3 Å². The number of carbonyl (C=O) groups is 3. The monoisotopic (exact) mass is 377 g/mol. The van der Waals surface area contributed by atoms with E-state index in [1.807, 2.05) is 0 Å². The molecule has 0 aromatic carbocycles. The van der Waals surface area contributed by atoms with Gasteiger partial charge in [0, 0.05) is 24.8 Å². The zero-order chi connectivity index (χ0) is 19.8. The fourth-order valence-electron chi connectivity index (χ4n) is 2.74. The second-order valence-corrected chi connectivity index (χ2v) is 6.18. The van der Waals surface area contributed by atoms with Crippen molar-refractivity contribution in [3.8, 4) is 0 Å². The lowest BCUT2D eigenvalue weighted by molar-refractivity contribution is -0.147. The molecule has 1 aliphatic heterocycles. The zero-order valence-electron chi connectivity index (χ0n) is 15.0. The molecule has 4 N–H and O–H groups in total. The van der Waals surface area contributed by atoms with Gasteiger partial charge in [-0.2, -0.15) is 5.10 Å². The third-order valence-electron chi connectivity index (χ3n) is 4.16. The van der Waals surface area contributed by atoms with Gasteiger partial charge in [-0.05, 0) is 31.9 Å². The molecular weight excluding hydrogens is 354 g/mol. The molecule has 1 aromatic heterocycles. The van der Waals surface area contributed by atoms with Crippen LogP contribution in [0, 0.1) is 0 Å². The lowest BCUT2D eigenvalue weighted by Crippen LogP contribution is -2.50. The molecule has 0 bridgehead atoms. The van der Waals surface area contributed by atoms with Gasteiger partial charge in [0.25, 0.3) is 5.91 Å². The van der Waals surface area contributed by atoms with Gasteiger partial charge in [0.15, 0.2) is 0 Å². The number of carbonyl (C=O) groups excluding carboxylic acids is 2. The first kappa shape index (κ1) is 20.3. The number of carboxylic acids is 1. The Balaban J connectivity index is 1.83. The van der Waals surface area contributed by atoms with E-state index in [-0.39, 0.29) is 24.3 Å². The molecule has 0 unspecified atom stereocenters. The number of aliphatic carboxylic acids is 1. The average Bonchev–Trinajstić information content (AvgIpc) is 2.67. The van der Waals surface area contributed by atoms with Crippen LogP contribution in [0.2, 0.25) is 0 Å². The second kappa shape index (κ2) is 9.62. The largest absolute Gasteiger partial charge is 0.480 e. The number of pyridine rings is 1. The number of rotatable bonds is 7. The summed E-state index contributed by atoms with van der Waals surface area (Å²) in [6.07, 6.45) is 3.82. The molecule has 1 saturated heterocycles. The van der Waals surface area contributed by atoms with Crippen LogP contribution in [0.15, 0.2) is 23.4 Å². The predicted molar refractivity (Wildman–Crippen MR) is 96.1 cm³/mol. The molecule has 1 atom stereocenters. The maximum atomic E-state index is 12.5. The lowest BCUT2D eigenvalue weighted by Gasteiger charge is -2.33. The Hall–Kier alpha value is -3.01. The minimum absolute atomic E-state index is 0.171. The van der Waals surface area contributed by atoms with Gasteiger partial charge < -0.3 is 25.9 Å².